The van der Waals surface area contributed by atoms with Crippen molar-refractivity contribution < 1.29 is 0 Å². The van der Waals surface area contributed by atoms with Gasteiger partial charge in [-0.15, -0.1) is 0 Å². The Balaban J connectivity index is 1.55. The smallest absolute Gasteiger partial charge is 0.159 e. The molecule has 3 aromatic heterocycles. The summed E-state index contributed by atoms with van der Waals surface area (Å²) in [6.45, 7) is 13.7. The standard InChI is InChI=1S/C20H26N8/c1-13-10-14(2)28(25-13)19-11-18(23-17(5)24-19)26-6-8-27(9-7-26)20-15(3)16(4)21-12-22-20/h10-12H,6-9H2,1-5H3. The van der Waals surface area contributed by atoms with Crippen LogP contribution in [0.15, 0.2) is 18.5 Å². The molecule has 4 rings (SSSR count). The van der Waals surface area contributed by atoms with Crippen LogP contribution in [0.4, 0.5) is 11.6 Å². The van der Waals surface area contributed by atoms with Crippen molar-refractivity contribution in [3.05, 3.63) is 46.9 Å². The molecule has 0 atom stereocenters. The molecular weight excluding hydrogens is 352 g/mol. The highest BCUT2D eigenvalue weighted by Crippen LogP contribution is 2.23. The third kappa shape index (κ3) is 3.42. The zero-order valence-corrected chi connectivity index (χ0v) is 17.1. The first-order chi connectivity index (χ1) is 13.4. The molecule has 8 heteroatoms. The highest BCUT2D eigenvalue weighted by molar-refractivity contribution is 5.51. The fourth-order valence-corrected chi connectivity index (χ4v) is 3.66. The second kappa shape index (κ2) is 7.18. The number of hydrogen-bond acceptors (Lipinski definition) is 7. The van der Waals surface area contributed by atoms with Gasteiger partial charge in [0.05, 0.1) is 5.69 Å². The minimum atomic E-state index is 0.754. The summed E-state index contributed by atoms with van der Waals surface area (Å²) in [6.07, 6.45) is 1.65. The summed E-state index contributed by atoms with van der Waals surface area (Å²) in [5.74, 6) is 3.56. The molecule has 0 saturated carbocycles. The fraction of sp³-hybridized carbons (Fsp3) is 0.450. The zero-order chi connectivity index (χ0) is 19.8. The van der Waals surface area contributed by atoms with Crippen molar-refractivity contribution in [2.75, 3.05) is 36.0 Å². The topological polar surface area (TPSA) is 75.9 Å². The molecule has 8 nitrogen and oxygen atoms in total. The van der Waals surface area contributed by atoms with E-state index in [0.29, 0.717) is 0 Å². The number of anilines is 2. The zero-order valence-electron chi connectivity index (χ0n) is 17.1. The first kappa shape index (κ1) is 18.3. The summed E-state index contributed by atoms with van der Waals surface area (Å²) < 4.78 is 1.89. The first-order valence-electron chi connectivity index (χ1n) is 9.60. The van der Waals surface area contributed by atoms with E-state index in [1.54, 1.807) is 6.33 Å². The Hall–Kier alpha value is -3.03. The molecule has 1 aliphatic rings. The van der Waals surface area contributed by atoms with Gasteiger partial charge >= 0.3 is 0 Å². The van der Waals surface area contributed by atoms with Crippen LogP contribution in [-0.4, -0.2) is 55.9 Å². The van der Waals surface area contributed by atoms with Gasteiger partial charge in [0.2, 0.25) is 0 Å². The van der Waals surface area contributed by atoms with Gasteiger partial charge in [-0.05, 0) is 40.7 Å². The Morgan fingerprint density at radius 1 is 0.786 bits per heavy atom. The Labute approximate surface area is 165 Å². The van der Waals surface area contributed by atoms with Crippen LogP contribution in [-0.2, 0) is 0 Å². The van der Waals surface area contributed by atoms with Crippen LogP contribution < -0.4 is 9.80 Å². The largest absolute Gasteiger partial charge is 0.353 e. The van der Waals surface area contributed by atoms with Crippen molar-refractivity contribution in [3.63, 3.8) is 0 Å². The van der Waals surface area contributed by atoms with Gasteiger partial charge in [-0.2, -0.15) is 5.10 Å². The molecule has 0 aliphatic carbocycles. The molecule has 0 unspecified atom stereocenters. The maximum absolute atomic E-state index is 4.68. The van der Waals surface area contributed by atoms with Gasteiger partial charge in [-0.1, -0.05) is 0 Å². The lowest BCUT2D eigenvalue weighted by molar-refractivity contribution is 0.636. The van der Waals surface area contributed by atoms with E-state index in [2.05, 4.69) is 47.8 Å². The van der Waals surface area contributed by atoms with Gasteiger partial charge in [-0.25, -0.2) is 24.6 Å². The number of aryl methyl sites for hydroxylation is 4. The molecule has 4 heterocycles. The van der Waals surface area contributed by atoms with Crippen molar-refractivity contribution in [2.45, 2.75) is 34.6 Å². The van der Waals surface area contributed by atoms with Crippen LogP contribution in [0.2, 0.25) is 0 Å². The Bertz CT molecular complexity index is 1000. The highest BCUT2D eigenvalue weighted by Gasteiger charge is 2.22. The van der Waals surface area contributed by atoms with Gasteiger partial charge in [0.15, 0.2) is 5.82 Å². The predicted molar refractivity (Wildman–Crippen MR) is 109 cm³/mol. The average Bonchev–Trinajstić information content (AvgIpc) is 3.02. The van der Waals surface area contributed by atoms with E-state index in [4.69, 9.17) is 0 Å². The molecule has 146 valence electrons. The number of aromatic nitrogens is 6. The lowest BCUT2D eigenvalue weighted by atomic mass is 10.2. The van der Waals surface area contributed by atoms with E-state index in [1.165, 1.54) is 0 Å². The number of hydrogen-bond donors (Lipinski definition) is 0. The van der Waals surface area contributed by atoms with Crippen molar-refractivity contribution in [1.29, 1.82) is 0 Å². The lowest BCUT2D eigenvalue weighted by Gasteiger charge is -2.36. The second-order valence-electron chi connectivity index (χ2n) is 7.35. The Morgan fingerprint density at radius 3 is 2.14 bits per heavy atom. The van der Waals surface area contributed by atoms with E-state index >= 15 is 0 Å². The number of nitrogens with zero attached hydrogens (tertiary/aromatic N) is 8. The van der Waals surface area contributed by atoms with E-state index in [9.17, 15) is 0 Å². The average molecular weight is 378 g/mol. The molecule has 28 heavy (non-hydrogen) atoms. The van der Waals surface area contributed by atoms with Gasteiger partial charge in [0.1, 0.15) is 23.8 Å². The molecule has 0 aromatic carbocycles. The molecule has 1 aliphatic heterocycles. The maximum Gasteiger partial charge on any atom is 0.159 e. The van der Waals surface area contributed by atoms with Crippen LogP contribution in [0.1, 0.15) is 28.5 Å². The second-order valence-corrected chi connectivity index (χ2v) is 7.35. The number of piperazine rings is 1. The normalized spacial score (nSPS) is 14.6. The minimum absolute atomic E-state index is 0.754. The van der Waals surface area contributed by atoms with Crippen molar-refractivity contribution in [3.8, 4) is 5.82 Å². The molecule has 0 amide bonds. The summed E-state index contributed by atoms with van der Waals surface area (Å²) >= 11 is 0. The highest BCUT2D eigenvalue weighted by atomic mass is 15.3. The van der Waals surface area contributed by atoms with Crippen LogP contribution in [0.25, 0.3) is 5.82 Å². The van der Waals surface area contributed by atoms with Crippen molar-refractivity contribution in [2.24, 2.45) is 0 Å². The molecule has 1 saturated heterocycles. The summed E-state index contributed by atoms with van der Waals surface area (Å²) in [5.41, 5.74) is 4.24. The van der Waals surface area contributed by atoms with Gasteiger partial charge in [-0.3, -0.25) is 0 Å². The quantitative estimate of drug-likeness (QED) is 0.692. The van der Waals surface area contributed by atoms with E-state index in [1.807, 2.05) is 38.4 Å². The third-order valence-corrected chi connectivity index (χ3v) is 5.25. The SMILES string of the molecule is Cc1cc(C)n(-c2cc(N3CCN(c4ncnc(C)c4C)CC3)nc(C)n2)n1. The summed E-state index contributed by atoms with van der Waals surface area (Å²) in [6, 6.07) is 4.09. The molecule has 0 radical (unpaired) electrons. The minimum Gasteiger partial charge on any atom is -0.353 e. The summed E-state index contributed by atoms with van der Waals surface area (Å²) in [7, 11) is 0. The molecule has 3 aromatic rings. The van der Waals surface area contributed by atoms with Gasteiger partial charge in [0.25, 0.3) is 0 Å². The molecular formula is C20H26N8. The van der Waals surface area contributed by atoms with Crippen LogP contribution in [0.3, 0.4) is 0 Å². The first-order valence-corrected chi connectivity index (χ1v) is 9.60. The van der Waals surface area contributed by atoms with Gasteiger partial charge < -0.3 is 9.80 Å². The van der Waals surface area contributed by atoms with Crippen molar-refractivity contribution in [1.82, 2.24) is 29.7 Å². The lowest BCUT2D eigenvalue weighted by Crippen LogP contribution is -2.47. The van der Waals surface area contributed by atoms with Crippen LogP contribution >= 0.6 is 0 Å². The molecule has 1 fully saturated rings. The monoisotopic (exact) mass is 378 g/mol. The molecule has 0 bridgehead atoms. The third-order valence-electron chi connectivity index (χ3n) is 5.25. The summed E-state index contributed by atoms with van der Waals surface area (Å²) in [5, 5.41) is 4.56. The van der Waals surface area contributed by atoms with Crippen molar-refractivity contribution >= 4 is 11.6 Å². The van der Waals surface area contributed by atoms with Crippen LogP contribution in [0, 0.1) is 34.6 Å². The Kier molecular flexibility index (Phi) is 4.70. The number of rotatable bonds is 3. The van der Waals surface area contributed by atoms with Crippen LogP contribution in [0.5, 0.6) is 0 Å². The summed E-state index contributed by atoms with van der Waals surface area (Å²) in [4.78, 5) is 22.7. The van der Waals surface area contributed by atoms with E-state index in [0.717, 1.165) is 72.1 Å². The van der Waals surface area contributed by atoms with E-state index < -0.39 is 0 Å². The predicted octanol–water partition coefficient (Wildman–Crippen LogP) is 2.32. The maximum atomic E-state index is 4.68. The van der Waals surface area contributed by atoms with E-state index in [-0.39, 0.29) is 0 Å². The molecule has 0 spiro atoms. The molecule has 0 N–H and O–H groups in total. The Morgan fingerprint density at radius 2 is 1.46 bits per heavy atom. The fourth-order valence-electron chi connectivity index (χ4n) is 3.66. The van der Waals surface area contributed by atoms with Gasteiger partial charge in [0, 0.05) is 49.2 Å².